The standard InChI is InChI=1S/C22H38O4S/c1-5-7-9-11-13-20-15-21(14-12-10-8-6-2)17-22(16-20)26-18(3)19(4)27(23,24)25/h15-19H,5-14H2,1-4H3,(H,23,24,25). The molecule has 0 aliphatic rings. The summed E-state index contributed by atoms with van der Waals surface area (Å²) in [7, 11) is -4.11. The summed E-state index contributed by atoms with van der Waals surface area (Å²) in [6.07, 6.45) is 11.1. The second kappa shape index (κ2) is 12.4. The summed E-state index contributed by atoms with van der Waals surface area (Å²) in [5.41, 5.74) is 2.50. The highest BCUT2D eigenvalue weighted by Gasteiger charge is 2.26. The molecule has 0 amide bonds. The molecule has 1 aromatic rings. The van der Waals surface area contributed by atoms with Crippen molar-refractivity contribution in [2.24, 2.45) is 0 Å². The highest BCUT2D eigenvalue weighted by Crippen LogP contribution is 2.23. The molecule has 0 fully saturated rings. The molecule has 1 rings (SSSR count). The Morgan fingerprint density at radius 1 is 0.852 bits per heavy atom. The third-order valence-electron chi connectivity index (χ3n) is 5.12. The Balaban J connectivity index is 2.85. The third-order valence-corrected chi connectivity index (χ3v) is 6.44. The van der Waals surface area contributed by atoms with Crippen molar-refractivity contribution in [3.63, 3.8) is 0 Å². The first-order valence-electron chi connectivity index (χ1n) is 10.5. The zero-order chi connectivity index (χ0) is 20.3. The molecule has 0 aliphatic carbocycles. The summed E-state index contributed by atoms with van der Waals surface area (Å²) in [5.74, 6) is 0.705. The number of aryl methyl sites for hydroxylation is 2. The number of hydrogen-bond donors (Lipinski definition) is 1. The number of hydrogen-bond acceptors (Lipinski definition) is 3. The van der Waals surface area contributed by atoms with Crippen LogP contribution in [0.4, 0.5) is 0 Å². The Labute approximate surface area is 166 Å². The molecule has 27 heavy (non-hydrogen) atoms. The first-order valence-corrected chi connectivity index (χ1v) is 12.0. The zero-order valence-corrected chi connectivity index (χ0v) is 18.4. The Morgan fingerprint density at radius 3 is 1.74 bits per heavy atom. The predicted octanol–water partition coefficient (Wildman–Crippen LogP) is 5.98. The van der Waals surface area contributed by atoms with Gasteiger partial charge < -0.3 is 4.74 Å². The van der Waals surface area contributed by atoms with Crippen molar-refractivity contribution in [2.75, 3.05) is 0 Å². The van der Waals surface area contributed by atoms with E-state index in [4.69, 9.17) is 4.74 Å². The summed E-state index contributed by atoms with van der Waals surface area (Å²) < 4.78 is 37.9. The van der Waals surface area contributed by atoms with Gasteiger partial charge in [0.1, 0.15) is 17.1 Å². The van der Waals surface area contributed by atoms with Crippen LogP contribution in [0.3, 0.4) is 0 Å². The Hall–Kier alpha value is -1.07. The van der Waals surface area contributed by atoms with E-state index < -0.39 is 21.5 Å². The molecular weight excluding hydrogens is 360 g/mol. The van der Waals surface area contributed by atoms with Crippen molar-refractivity contribution < 1.29 is 17.7 Å². The van der Waals surface area contributed by atoms with E-state index in [1.165, 1.54) is 56.6 Å². The summed E-state index contributed by atoms with van der Waals surface area (Å²) in [5, 5.41) is -0.960. The topological polar surface area (TPSA) is 63.6 Å². The van der Waals surface area contributed by atoms with Gasteiger partial charge in [-0.15, -0.1) is 0 Å². The molecule has 2 atom stereocenters. The maximum atomic E-state index is 11.4. The van der Waals surface area contributed by atoms with E-state index >= 15 is 0 Å². The van der Waals surface area contributed by atoms with Crippen molar-refractivity contribution in [3.8, 4) is 5.75 Å². The molecule has 0 aromatic heterocycles. The normalized spacial score (nSPS) is 14.1. The van der Waals surface area contributed by atoms with Gasteiger partial charge in [-0.3, -0.25) is 4.55 Å². The molecule has 0 radical (unpaired) electrons. The molecule has 4 nitrogen and oxygen atoms in total. The first kappa shape index (κ1) is 24.0. The lowest BCUT2D eigenvalue weighted by atomic mass is 10.00. The van der Waals surface area contributed by atoms with Crippen LogP contribution in [-0.2, 0) is 23.0 Å². The minimum absolute atomic E-state index is 0.608. The summed E-state index contributed by atoms with van der Waals surface area (Å²) in [6.45, 7) is 7.58. The van der Waals surface area contributed by atoms with Gasteiger partial charge in [-0.1, -0.05) is 58.4 Å². The summed E-state index contributed by atoms with van der Waals surface area (Å²) in [6, 6.07) is 6.31. The fourth-order valence-electron chi connectivity index (χ4n) is 3.15. The van der Waals surface area contributed by atoms with Crippen LogP contribution in [-0.4, -0.2) is 24.3 Å². The Kier molecular flexibility index (Phi) is 11.0. The number of ether oxygens (including phenoxy) is 1. The molecule has 156 valence electrons. The highest BCUT2D eigenvalue weighted by atomic mass is 32.2. The zero-order valence-electron chi connectivity index (χ0n) is 17.5. The molecule has 2 unspecified atom stereocenters. The molecule has 1 aromatic carbocycles. The molecule has 0 saturated heterocycles. The van der Waals surface area contributed by atoms with Gasteiger partial charge in [0.05, 0.1) is 0 Å². The summed E-state index contributed by atoms with van der Waals surface area (Å²) in [4.78, 5) is 0. The maximum Gasteiger partial charge on any atom is 0.271 e. The lowest BCUT2D eigenvalue weighted by molar-refractivity contribution is 0.214. The van der Waals surface area contributed by atoms with E-state index in [0.717, 1.165) is 25.7 Å². The Morgan fingerprint density at radius 2 is 1.33 bits per heavy atom. The van der Waals surface area contributed by atoms with Crippen LogP contribution in [0.25, 0.3) is 0 Å². The average Bonchev–Trinajstić information content (AvgIpc) is 2.61. The van der Waals surface area contributed by atoms with Gasteiger partial charge in [-0.2, -0.15) is 8.42 Å². The van der Waals surface area contributed by atoms with E-state index in [2.05, 4.69) is 19.9 Å². The molecule has 0 bridgehead atoms. The van der Waals surface area contributed by atoms with E-state index in [-0.39, 0.29) is 0 Å². The van der Waals surface area contributed by atoms with Gasteiger partial charge in [0.25, 0.3) is 10.1 Å². The molecule has 0 saturated carbocycles. The van der Waals surface area contributed by atoms with Crippen molar-refractivity contribution in [1.29, 1.82) is 0 Å². The largest absolute Gasteiger partial charge is 0.489 e. The molecule has 5 heteroatoms. The number of rotatable bonds is 14. The quantitative estimate of drug-likeness (QED) is 0.309. The lowest BCUT2D eigenvalue weighted by Crippen LogP contribution is -2.33. The van der Waals surface area contributed by atoms with Gasteiger partial charge in [-0.05, 0) is 62.8 Å². The fourth-order valence-corrected chi connectivity index (χ4v) is 3.69. The van der Waals surface area contributed by atoms with Gasteiger partial charge in [-0.25, -0.2) is 0 Å². The van der Waals surface area contributed by atoms with Crippen LogP contribution in [0, 0.1) is 0 Å². The highest BCUT2D eigenvalue weighted by molar-refractivity contribution is 7.86. The van der Waals surface area contributed by atoms with E-state index in [1.807, 2.05) is 12.1 Å². The predicted molar refractivity (Wildman–Crippen MR) is 113 cm³/mol. The lowest BCUT2D eigenvalue weighted by Gasteiger charge is -2.20. The van der Waals surface area contributed by atoms with Gasteiger partial charge in [0.2, 0.25) is 0 Å². The second-order valence-corrected chi connectivity index (χ2v) is 9.42. The van der Waals surface area contributed by atoms with Crippen LogP contribution in [0.5, 0.6) is 5.75 Å². The average molecular weight is 399 g/mol. The monoisotopic (exact) mass is 398 g/mol. The van der Waals surface area contributed by atoms with E-state index in [0.29, 0.717) is 5.75 Å². The van der Waals surface area contributed by atoms with Crippen molar-refractivity contribution >= 4 is 10.1 Å². The van der Waals surface area contributed by atoms with Gasteiger partial charge in [0.15, 0.2) is 0 Å². The Bertz CT molecular complexity index is 609. The van der Waals surface area contributed by atoms with Crippen molar-refractivity contribution in [3.05, 3.63) is 29.3 Å². The fraction of sp³-hybridized carbons (Fsp3) is 0.727. The van der Waals surface area contributed by atoms with Crippen molar-refractivity contribution in [1.82, 2.24) is 0 Å². The molecule has 0 spiro atoms. The molecule has 1 N–H and O–H groups in total. The van der Waals surface area contributed by atoms with Crippen LogP contribution >= 0.6 is 0 Å². The second-order valence-electron chi connectivity index (χ2n) is 7.65. The summed E-state index contributed by atoms with van der Waals surface area (Å²) >= 11 is 0. The van der Waals surface area contributed by atoms with Crippen LogP contribution in [0.1, 0.15) is 90.2 Å². The molecule has 0 aliphatic heterocycles. The minimum Gasteiger partial charge on any atom is -0.489 e. The van der Waals surface area contributed by atoms with E-state index in [1.54, 1.807) is 6.92 Å². The van der Waals surface area contributed by atoms with Gasteiger partial charge in [0, 0.05) is 0 Å². The first-order chi connectivity index (χ1) is 12.8. The number of benzene rings is 1. The van der Waals surface area contributed by atoms with E-state index in [9.17, 15) is 13.0 Å². The van der Waals surface area contributed by atoms with Gasteiger partial charge >= 0.3 is 0 Å². The van der Waals surface area contributed by atoms with Crippen LogP contribution in [0.15, 0.2) is 18.2 Å². The van der Waals surface area contributed by atoms with Crippen molar-refractivity contribution in [2.45, 2.75) is 103 Å². The van der Waals surface area contributed by atoms with Crippen LogP contribution in [0.2, 0.25) is 0 Å². The number of unbranched alkanes of at least 4 members (excludes halogenated alkanes) is 6. The SMILES string of the molecule is CCCCCCc1cc(CCCCCC)cc(OC(C)C(C)S(=O)(=O)O)c1. The maximum absolute atomic E-state index is 11.4. The minimum atomic E-state index is -4.11. The van der Waals surface area contributed by atoms with Crippen LogP contribution < -0.4 is 4.74 Å². The third kappa shape index (κ3) is 9.61. The smallest absolute Gasteiger partial charge is 0.271 e. The molecule has 0 heterocycles. The molecular formula is C22H38O4S.